The number of aryl methyl sites for hydroxylation is 2. The van der Waals surface area contributed by atoms with Gasteiger partial charge in [0.25, 0.3) is 0 Å². The molecule has 0 bridgehead atoms. The predicted molar refractivity (Wildman–Crippen MR) is 149 cm³/mol. The van der Waals surface area contributed by atoms with Crippen molar-refractivity contribution in [1.82, 2.24) is 10.2 Å². The van der Waals surface area contributed by atoms with Gasteiger partial charge in [-0.3, -0.25) is 13.9 Å². The fourth-order valence-corrected chi connectivity index (χ4v) is 5.92. The first-order valence-electron chi connectivity index (χ1n) is 13.3. The lowest BCUT2D eigenvalue weighted by Crippen LogP contribution is -2.50. The highest BCUT2D eigenvalue weighted by Gasteiger charge is 2.28. The molecule has 0 aromatic heterocycles. The standard InChI is InChI=1S/C29H40FN3O4S/c1-21-12-13-22(2)27(19-21)33(38(4,36)37)18-8-11-28(34)32(20-24-14-16-25(30)17-15-24)23(3)29(35)31-26-9-6-5-7-10-26/h12-17,19,23,26H,5-11,18,20H2,1-4H3,(H,31,35)/t23-/m1/s1. The Balaban J connectivity index is 1.73. The van der Waals surface area contributed by atoms with Crippen molar-refractivity contribution in [3.05, 3.63) is 65.0 Å². The van der Waals surface area contributed by atoms with Crippen molar-refractivity contribution < 1.29 is 22.4 Å². The number of hydrogen-bond acceptors (Lipinski definition) is 4. The van der Waals surface area contributed by atoms with Crippen molar-refractivity contribution in [2.24, 2.45) is 0 Å². The summed E-state index contributed by atoms with van der Waals surface area (Å²) in [5.74, 6) is -0.836. The maximum absolute atomic E-state index is 13.5. The van der Waals surface area contributed by atoms with Gasteiger partial charge in [0.15, 0.2) is 0 Å². The van der Waals surface area contributed by atoms with Crippen molar-refractivity contribution in [2.45, 2.75) is 84.3 Å². The van der Waals surface area contributed by atoms with Gasteiger partial charge in [-0.1, -0.05) is 43.5 Å². The molecule has 3 rings (SSSR count). The van der Waals surface area contributed by atoms with E-state index in [0.29, 0.717) is 11.3 Å². The van der Waals surface area contributed by atoms with E-state index in [0.717, 1.165) is 43.1 Å². The zero-order valence-electron chi connectivity index (χ0n) is 22.9. The fraction of sp³-hybridized carbons (Fsp3) is 0.517. The molecule has 38 heavy (non-hydrogen) atoms. The summed E-state index contributed by atoms with van der Waals surface area (Å²) in [7, 11) is -3.57. The van der Waals surface area contributed by atoms with Crippen LogP contribution in [-0.4, -0.2) is 50.0 Å². The quantitative estimate of drug-likeness (QED) is 0.437. The molecule has 1 atom stereocenters. The van der Waals surface area contributed by atoms with Crippen LogP contribution in [0.15, 0.2) is 42.5 Å². The van der Waals surface area contributed by atoms with Crippen LogP contribution in [-0.2, 0) is 26.2 Å². The Morgan fingerprint density at radius 2 is 1.71 bits per heavy atom. The number of nitrogens with one attached hydrogen (secondary N) is 1. The van der Waals surface area contributed by atoms with Gasteiger partial charge in [-0.05, 0) is 74.9 Å². The first kappa shape index (κ1) is 29.6. The summed E-state index contributed by atoms with van der Waals surface area (Å²) in [5, 5.41) is 3.10. The van der Waals surface area contributed by atoms with Crippen molar-refractivity contribution >= 4 is 27.5 Å². The first-order valence-corrected chi connectivity index (χ1v) is 15.2. The van der Waals surface area contributed by atoms with Crippen LogP contribution in [0.5, 0.6) is 0 Å². The molecule has 208 valence electrons. The summed E-state index contributed by atoms with van der Waals surface area (Å²) in [6, 6.07) is 10.9. The van der Waals surface area contributed by atoms with Crippen LogP contribution >= 0.6 is 0 Å². The molecule has 2 amide bonds. The molecule has 7 nitrogen and oxygen atoms in total. The third-order valence-electron chi connectivity index (χ3n) is 7.17. The molecule has 1 aliphatic rings. The normalized spacial score (nSPS) is 15.1. The number of amides is 2. The number of halogens is 1. The van der Waals surface area contributed by atoms with E-state index in [1.54, 1.807) is 19.1 Å². The first-order chi connectivity index (χ1) is 18.0. The summed E-state index contributed by atoms with van der Waals surface area (Å²) < 4.78 is 40.0. The molecule has 2 aromatic rings. The summed E-state index contributed by atoms with van der Waals surface area (Å²) in [4.78, 5) is 28.1. The van der Waals surface area contributed by atoms with E-state index >= 15 is 0 Å². The van der Waals surface area contributed by atoms with Crippen molar-refractivity contribution in [3.8, 4) is 0 Å². The molecule has 0 aliphatic heterocycles. The second-order valence-corrected chi connectivity index (χ2v) is 12.3. The minimum atomic E-state index is -3.57. The number of anilines is 1. The van der Waals surface area contributed by atoms with E-state index in [2.05, 4.69) is 5.32 Å². The second kappa shape index (κ2) is 13.2. The van der Waals surface area contributed by atoms with E-state index in [1.807, 2.05) is 32.0 Å². The predicted octanol–water partition coefficient (Wildman–Crippen LogP) is 4.85. The molecule has 0 saturated heterocycles. The van der Waals surface area contributed by atoms with Gasteiger partial charge in [0.2, 0.25) is 21.8 Å². The van der Waals surface area contributed by atoms with Crippen molar-refractivity contribution in [2.75, 3.05) is 17.1 Å². The van der Waals surface area contributed by atoms with Gasteiger partial charge in [0, 0.05) is 25.6 Å². The van der Waals surface area contributed by atoms with Gasteiger partial charge < -0.3 is 10.2 Å². The van der Waals surface area contributed by atoms with Gasteiger partial charge in [0.1, 0.15) is 11.9 Å². The SMILES string of the molecule is Cc1ccc(C)c(N(CCCC(=O)N(Cc2ccc(F)cc2)[C@H](C)C(=O)NC2CCCCC2)S(C)(=O)=O)c1. The third kappa shape index (κ3) is 8.28. The molecule has 0 heterocycles. The van der Waals surface area contributed by atoms with Gasteiger partial charge in [0.05, 0.1) is 11.9 Å². The number of nitrogens with zero attached hydrogens (tertiary/aromatic N) is 2. The van der Waals surface area contributed by atoms with Gasteiger partial charge >= 0.3 is 0 Å². The number of carbonyl (C=O) groups is 2. The summed E-state index contributed by atoms with van der Waals surface area (Å²) >= 11 is 0. The van der Waals surface area contributed by atoms with Gasteiger partial charge in [-0.25, -0.2) is 12.8 Å². The lowest BCUT2D eigenvalue weighted by atomic mass is 9.95. The molecule has 1 fully saturated rings. The van der Waals surface area contributed by atoms with Crippen LogP contribution in [0.25, 0.3) is 0 Å². The molecule has 2 aromatic carbocycles. The number of sulfonamides is 1. The summed E-state index contributed by atoms with van der Waals surface area (Å²) in [5.41, 5.74) is 3.09. The van der Waals surface area contributed by atoms with Crippen LogP contribution in [0.3, 0.4) is 0 Å². The monoisotopic (exact) mass is 545 g/mol. The van der Waals surface area contributed by atoms with E-state index in [9.17, 15) is 22.4 Å². The minimum absolute atomic E-state index is 0.0686. The largest absolute Gasteiger partial charge is 0.352 e. The molecule has 0 radical (unpaired) electrons. The van der Waals surface area contributed by atoms with E-state index in [4.69, 9.17) is 0 Å². The molecule has 0 unspecified atom stereocenters. The highest BCUT2D eigenvalue weighted by molar-refractivity contribution is 7.92. The van der Waals surface area contributed by atoms with E-state index in [-0.39, 0.29) is 49.6 Å². The maximum atomic E-state index is 13.5. The summed E-state index contributed by atoms with van der Waals surface area (Å²) in [6.07, 6.45) is 6.71. The second-order valence-electron chi connectivity index (χ2n) is 10.4. The zero-order valence-corrected chi connectivity index (χ0v) is 23.7. The van der Waals surface area contributed by atoms with E-state index < -0.39 is 16.1 Å². The highest BCUT2D eigenvalue weighted by atomic mass is 32.2. The van der Waals surface area contributed by atoms with Crippen molar-refractivity contribution in [3.63, 3.8) is 0 Å². The van der Waals surface area contributed by atoms with Gasteiger partial charge in [-0.2, -0.15) is 0 Å². The highest BCUT2D eigenvalue weighted by Crippen LogP contribution is 2.25. The Hall–Kier alpha value is -2.94. The van der Waals surface area contributed by atoms with E-state index in [1.165, 1.54) is 27.8 Å². The molecular formula is C29H40FN3O4S. The average Bonchev–Trinajstić information content (AvgIpc) is 2.87. The lowest BCUT2D eigenvalue weighted by Gasteiger charge is -2.31. The number of rotatable bonds is 11. The zero-order chi connectivity index (χ0) is 27.9. The van der Waals surface area contributed by atoms with Crippen LogP contribution in [0.2, 0.25) is 0 Å². The lowest BCUT2D eigenvalue weighted by molar-refractivity contribution is -0.141. The fourth-order valence-electron chi connectivity index (χ4n) is 4.91. The van der Waals surface area contributed by atoms with Crippen LogP contribution in [0.4, 0.5) is 10.1 Å². The van der Waals surface area contributed by atoms with Crippen LogP contribution < -0.4 is 9.62 Å². The minimum Gasteiger partial charge on any atom is -0.352 e. The Labute approximate surface area is 226 Å². The molecule has 1 saturated carbocycles. The Kier molecular flexibility index (Phi) is 10.3. The average molecular weight is 546 g/mol. The molecule has 9 heteroatoms. The molecular weight excluding hydrogens is 505 g/mol. The smallest absolute Gasteiger partial charge is 0.242 e. The Bertz CT molecular complexity index is 1210. The van der Waals surface area contributed by atoms with Crippen LogP contribution in [0, 0.1) is 19.7 Å². The topological polar surface area (TPSA) is 86.8 Å². The van der Waals surface area contributed by atoms with Gasteiger partial charge in [-0.15, -0.1) is 0 Å². The number of carbonyl (C=O) groups excluding carboxylic acids is 2. The van der Waals surface area contributed by atoms with Crippen molar-refractivity contribution in [1.29, 1.82) is 0 Å². The number of benzene rings is 2. The molecule has 0 spiro atoms. The Morgan fingerprint density at radius 1 is 1.05 bits per heavy atom. The summed E-state index contributed by atoms with van der Waals surface area (Å²) in [6.45, 7) is 5.76. The third-order valence-corrected chi connectivity index (χ3v) is 8.35. The maximum Gasteiger partial charge on any atom is 0.242 e. The number of hydrogen-bond donors (Lipinski definition) is 1. The molecule has 1 N–H and O–H groups in total. The van der Waals surface area contributed by atoms with Crippen LogP contribution in [0.1, 0.15) is 68.6 Å². The Morgan fingerprint density at radius 3 is 2.34 bits per heavy atom. The molecule has 1 aliphatic carbocycles.